The average Bonchev–Trinajstić information content (AvgIpc) is 2.42. The second-order valence-electron chi connectivity index (χ2n) is 5.12. The summed E-state index contributed by atoms with van der Waals surface area (Å²) in [4.78, 5) is 11.1. The molecule has 1 aromatic carbocycles. The maximum absolute atomic E-state index is 11.1. The number of allylic oxidation sites excluding steroid dienone is 3. The fraction of sp³-hybridized carbons (Fsp3) is 0.353. The van der Waals surface area contributed by atoms with Crippen molar-refractivity contribution in [2.75, 3.05) is 0 Å². The Morgan fingerprint density at radius 3 is 2.60 bits per heavy atom. The van der Waals surface area contributed by atoms with Crippen LogP contribution in [0.25, 0.3) is 6.08 Å². The average molecular weight is 274 g/mol. The predicted molar refractivity (Wildman–Crippen MR) is 82.1 cm³/mol. The monoisotopic (exact) mass is 274 g/mol. The maximum atomic E-state index is 11.1. The molecule has 0 bridgehead atoms. The van der Waals surface area contributed by atoms with Gasteiger partial charge in [-0.2, -0.15) is 0 Å². The Hall–Kier alpha value is -2.03. The van der Waals surface area contributed by atoms with E-state index >= 15 is 0 Å². The number of hydrogen-bond donors (Lipinski definition) is 2. The van der Waals surface area contributed by atoms with Gasteiger partial charge in [-0.15, -0.1) is 0 Å². The Morgan fingerprint density at radius 2 is 2.05 bits per heavy atom. The lowest BCUT2D eigenvalue weighted by Crippen LogP contribution is -1.91. The summed E-state index contributed by atoms with van der Waals surface area (Å²) in [5, 5.41) is 19.6. The molecule has 0 amide bonds. The number of hydrogen-bond acceptors (Lipinski definition) is 3. The SMILES string of the molecule is CCC(C)/C=C(C)/C=C/c1cc(O)c(C)c(O)c1C=O. The van der Waals surface area contributed by atoms with Crippen LogP contribution in [0.4, 0.5) is 0 Å². The number of benzene rings is 1. The zero-order valence-electron chi connectivity index (χ0n) is 12.5. The highest BCUT2D eigenvalue weighted by molar-refractivity contribution is 5.87. The number of phenols is 2. The van der Waals surface area contributed by atoms with Gasteiger partial charge in [0, 0.05) is 5.56 Å². The molecule has 0 aliphatic rings. The van der Waals surface area contributed by atoms with Gasteiger partial charge in [0.2, 0.25) is 0 Å². The van der Waals surface area contributed by atoms with Crippen molar-refractivity contribution in [2.24, 2.45) is 5.92 Å². The van der Waals surface area contributed by atoms with Crippen LogP contribution >= 0.6 is 0 Å². The molecule has 1 unspecified atom stereocenters. The minimum atomic E-state index is -0.164. The van der Waals surface area contributed by atoms with Crippen LogP contribution < -0.4 is 0 Å². The molecule has 0 heterocycles. The van der Waals surface area contributed by atoms with Crippen molar-refractivity contribution in [1.29, 1.82) is 0 Å². The van der Waals surface area contributed by atoms with Crippen molar-refractivity contribution in [3.05, 3.63) is 40.5 Å². The van der Waals surface area contributed by atoms with Gasteiger partial charge >= 0.3 is 0 Å². The lowest BCUT2D eigenvalue weighted by molar-refractivity contribution is 0.112. The predicted octanol–water partition coefficient (Wildman–Crippen LogP) is 4.22. The quantitative estimate of drug-likeness (QED) is 0.624. The molecule has 0 saturated carbocycles. The Kier molecular flexibility index (Phi) is 5.56. The van der Waals surface area contributed by atoms with Crippen LogP contribution in [-0.2, 0) is 0 Å². The molecule has 0 fully saturated rings. The Labute approximate surface area is 120 Å². The van der Waals surface area contributed by atoms with Gasteiger partial charge in [-0.05, 0) is 31.4 Å². The van der Waals surface area contributed by atoms with Crippen molar-refractivity contribution in [1.82, 2.24) is 0 Å². The van der Waals surface area contributed by atoms with Crippen molar-refractivity contribution >= 4 is 12.4 Å². The fourth-order valence-electron chi connectivity index (χ4n) is 1.90. The molecule has 1 atom stereocenters. The van der Waals surface area contributed by atoms with Crippen LogP contribution in [0.3, 0.4) is 0 Å². The third-order valence-corrected chi connectivity index (χ3v) is 3.43. The van der Waals surface area contributed by atoms with Crippen LogP contribution in [-0.4, -0.2) is 16.5 Å². The first-order valence-corrected chi connectivity index (χ1v) is 6.77. The van der Waals surface area contributed by atoms with Gasteiger partial charge in [0.15, 0.2) is 6.29 Å². The molecule has 3 nitrogen and oxygen atoms in total. The highest BCUT2D eigenvalue weighted by atomic mass is 16.3. The molecule has 1 aromatic rings. The molecule has 1 rings (SSSR count). The van der Waals surface area contributed by atoms with Crippen LogP contribution in [0.1, 0.15) is 48.7 Å². The summed E-state index contributed by atoms with van der Waals surface area (Å²) in [5.74, 6) is 0.310. The molecule has 2 N–H and O–H groups in total. The zero-order valence-corrected chi connectivity index (χ0v) is 12.5. The van der Waals surface area contributed by atoms with Crippen LogP contribution in [0.2, 0.25) is 0 Å². The Bertz CT molecular complexity index is 554. The summed E-state index contributed by atoms with van der Waals surface area (Å²) in [5.41, 5.74) is 2.11. The Morgan fingerprint density at radius 1 is 1.40 bits per heavy atom. The van der Waals surface area contributed by atoms with E-state index < -0.39 is 0 Å². The van der Waals surface area contributed by atoms with E-state index in [0.717, 1.165) is 12.0 Å². The van der Waals surface area contributed by atoms with Gasteiger partial charge in [-0.25, -0.2) is 0 Å². The van der Waals surface area contributed by atoms with E-state index in [0.29, 0.717) is 23.3 Å². The summed E-state index contributed by atoms with van der Waals surface area (Å²) in [7, 11) is 0. The summed E-state index contributed by atoms with van der Waals surface area (Å²) in [6.45, 7) is 7.81. The number of carbonyl (C=O) groups excluding carboxylic acids is 1. The van der Waals surface area contributed by atoms with E-state index in [-0.39, 0.29) is 17.1 Å². The highest BCUT2D eigenvalue weighted by Gasteiger charge is 2.12. The van der Waals surface area contributed by atoms with Gasteiger partial charge in [-0.1, -0.05) is 44.1 Å². The second kappa shape index (κ2) is 6.94. The van der Waals surface area contributed by atoms with Gasteiger partial charge in [0.1, 0.15) is 11.5 Å². The first-order chi connectivity index (χ1) is 9.40. The van der Waals surface area contributed by atoms with Gasteiger partial charge in [-0.3, -0.25) is 4.79 Å². The van der Waals surface area contributed by atoms with Gasteiger partial charge in [0.05, 0.1) is 5.56 Å². The molecule has 0 spiro atoms. The fourth-order valence-corrected chi connectivity index (χ4v) is 1.90. The van der Waals surface area contributed by atoms with E-state index in [1.54, 1.807) is 13.0 Å². The minimum absolute atomic E-state index is 0.0173. The molecule has 0 radical (unpaired) electrons. The number of phenolic OH excluding ortho intramolecular Hbond substituents is 2. The van der Waals surface area contributed by atoms with E-state index in [9.17, 15) is 15.0 Å². The van der Waals surface area contributed by atoms with Gasteiger partial charge < -0.3 is 10.2 Å². The van der Waals surface area contributed by atoms with Gasteiger partial charge in [0.25, 0.3) is 0 Å². The summed E-state index contributed by atoms with van der Waals surface area (Å²) in [6.07, 6.45) is 7.43. The smallest absolute Gasteiger partial charge is 0.154 e. The molecule has 108 valence electrons. The molecular weight excluding hydrogens is 252 g/mol. The second-order valence-corrected chi connectivity index (χ2v) is 5.12. The molecular formula is C17H22O3. The van der Waals surface area contributed by atoms with Crippen LogP contribution in [0, 0.1) is 12.8 Å². The first-order valence-electron chi connectivity index (χ1n) is 6.77. The maximum Gasteiger partial charge on any atom is 0.154 e. The third-order valence-electron chi connectivity index (χ3n) is 3.43. The molecule has 20 heavy (non-hydrogen) atoms. The summed E-state index contributed by atoms with van der Waals surface area (Å²) < 4.78 is 0. The van der Waals surface area contributed by atoms with Crippen molar-refractivity contribution in [3.63, 3.8) is 0 Å². The standard InChI is InChI=1S/C17H22O3/c1-5-11(2)8-12(3)6-7-14-9-16(19)13(4)17(20)15(14)10-18/h6-11,19-20H,5H2,1-4H3/b7-6+,12-8+. The summed E-state index contributed by atoms with van der Waals surface area (Å²) in [6, 6.07) is 1.49. The van der Waals surface area contributed by atoms with Crippen molar-refractivity contribution in [3.8, 4) is 11.5 Å². The van der Waals surface area contributed by atoms with Crippen LogP contribution in [0.15, 0.2) is 23.8 Å². The summed E-state index contributed by atoms with van der Waals surface area (Å²) >= 11 is 0. The third kappa shape index (κ3) is 3.73. The number of carbonyl (C=O) groups is 1. The zero-order chi connectivity index (χ0) is 15.3. The molecule has 0 saturated heterocycles. The van der Waals surface area contributed by atoms with Crippen molar-refractivity contribution < 1.29 is 15.0 Å². The van der Waals surface area contributed by atoms with Crippen molar-refractivity contribution in [2.45, 2.75) is 34.1 Å². The first kappa shape index (κ1) is 16.0. The van der Waals surface area contributed by atoms with E-state index in [1.165, 1.54) is 6.07 Å². The lowest BCUT2D eigenvalue weighted by atomic mass is 10.0. The largest absolute Gasteiger partial charge is 0.508 e. The number of aldehydes is 1. The van der Waals surface area contributed by atoms with Crippen LogP contribution in [0.5, 0.6) is 11.5 Å². The highest BCUT2D eigenvalue weighted by Crippen LogP contribution is 2.32. The lowest BCUT2D eigenvalue weighted by Gasteiger charge is -2.08. The Balaban J connectivity index is 3.16. The normalized spacial score (nSPS) is 13.7. The topological polar surface area (TPSA) is 57.5 Å². The number of aromatic hydroxyl groups is 2. The minimum Gasteiger partial charge on any atom is -0.508 e. The number of rotatable bonds is 5. The molecule has 3 heteroatoms. The van der Waals surface area contributed by atoms with E-state index in [1.807, 2.05) is 13.0 Å². The van der Waals surface area contributed by atoms with E-state index in [2.05, 4.69) is 19.9 Å². The molecule has 0 aliphatic carbocycles. The molecule has 0 aliphatic heterocycles. The van der Waals surface area contributed by atoms with E-state index in [4.69, 9.17) is 0 Å². The molecule has 0 aromatic heterocycles.